The lowest BCUT2D eigenvalue weighted by Gasteiger charge is -2.16. The summed E-state index contributed by atoms with van der Waals surface area (Å²) in [5.41, 5.74) is 7.07. The topological polar surface area (TPSA) is 46.3 Å². The number of rotatable bonds is 5. The molecule has 2 N–H and O–H groups in total. The average molecular weight is 280 g/mol. The van der Waals surface area contributed by atoms with Gasteiger partial charge in [0, 0.05) is 29.3 Å². The number of aryl methyl sites for hydroxylation is 3. The molecule has 4 heteroatoms. The number of likely N-dealkylation sites (tertiary alicyclic amines) is 1. The van der Waals surface area contributed by atoms with E-state index in [1.807, 2.05) is 16.2 Å². The summed E-state index contributed by atoms with van der Waals surface area (Å²) in [7, 11) is 0. The predicted octanol–water partition coefficient (Wildman–Crippen LogP) is 2.49. The Morgan fingerprint density at radius 3 is 2.89 bits per heavy atom. The van der Waals surface area contributed by atoms with E-state index in [-0.39, 0.29) is 0 Å². The van der Waals surface area contributed by atoms with Gasteiger partial charge in [0.25, 0.3) is 0 Å². The molecule has 1 amide bonds. The minimum absolute atomic E-state index is 0.306. The first kappa shape index (κ1) is 14.5. The fraction of sp³-hybridized carbons (Fsp3) is 0.667. The highest BCUT2D eigenvalue weighted by molar-refractivity contribution is 7.12. The van der Waals surface area contributed by atoms with Gasteiger partial charge in [-0.25, -0.2) is 0 Å². The van der Waals surface area contributed by atoms with Crippen LogP contribution in [0.2, 0.25) is 0 Å². The van der Waals surface area contributed by atoms with Crippen molar-refractivity contribution in [1.29, 1.82) is 0 Å². The molecule has 1 saturated heterocycles. The fourth-order valence-electron chi connectivity index (χ4n) is 2.77. The van der Waals surface area contributed by atoms with Crippen molar-refractivity contribution in [2.45, 2.75) is 39.5 Å². The first-order valence-corrected chi connectivity index (χ1v) is 7.95. The molecule has 106 valence electrons. The van der Waals surface area contributed by atoms with E-state index in [0.717, 1.165) is 32.4 Å². The summed E-state index contributed by atoms with van der Waals surface area (Å²) < 4.78 is 0. The van der Waals surface area contributed by atoms with Gasteiger partial charge in [-0.1, -0.05) is 0 Å². The average Bonchev–Trinajstić information content (AvgIpc) is 2.96. The summed E-state index contributed by atoms with van der Waals surface area (Å²) in [6.45, 7) is 6.78. The number of nitrogens with two attached hydrogens (primary N) is 1. The number of carbonyl (C=O) groups is 1. The van der Waals surface area contributed by atoms with E-state index in [4.69, 9.17) is 5.73 Å². The van der Waals surface area contributed by atoms with E-state index < -0.39 is 0 Å². The third-order valence-corrected chi connectivity index (χ3v) is 4.96. The minimum Gasteiger partial charge on any atom is -0.342 e. The van der Waals surface area contributed by atoms with E-state index in [1.165, 1.54) is 15.3 Å². The van der Waals surface area contributed by atoms with Crippen LogP contribution in [0.15, 0.2) is 6.07 Å². The molecule has 1 aromatic rings. The molecule has 19 heavy (non-hydrogen) atoms. The molecule has 1 aromatic heterocycles. The van der Waals surface area contributed by atoms with Crippen molar-refractivity contribution in [3.05, 3.63) is 21.4 Å². The molecule has 0 aliphatic carbocycles. The van der Waals surface area contributed by atoms with E-state index in [1.54, 1.807) is 0 Å². The van der Waals surface area contributed by atoms with Gasteiger partial charge in [-0.2, -0.15) is 0 Å². The molecule has 0 unspecified atom stereocenters. The molecule has 1 aliphatic heterocycles. The number of amides is 1. The van der Waals surface area contributed by atoms with Gasteiger partial charge < -0.3 is 10.6 Å². The summed E-state index contributed by atoms with van der Waals surface area (Å²) in [5.74, 6) is 0.825. The maximum atomic E-state index is 12.1. The number of hydrogen-bond donors (Lipinski definition) is 1. The largest absolute Gasteiger partial charge is 0.342 e. The van der Waals surface area contributed by atoms with E-state index in [9.17, 15) is 4.79 Å². The molecular formula is C15H24N2OS. The molecule has 1 aliphatic rings. The maximum Gasteiger partial charge on any atom is 0.222 e. The van der Waals surface area contributed by atoms with Gasteiger partial charge >= 0.3 is 0 Å². The fourth-order valence-corrected chi connectivity index (χ4v) is 3.75. The van der Waals surface area contributed by atoms with Crippen molar-refractivity contribution in [3.8, 4) is 0 Å². The van der Waals surface area contributed by atoms with Gasteiger partial charge in [-0.05, 0) is 57.2 Å². The van der Waals surface area contributed by atoms with Crippen LogP contribution in [0.1, 0.15) is 34.6 Å². The molecule has 1 atom stereocenters. The third-order valence-electron chi connectivity index (χ3n) is 3.95. The maximum absolute atomic E-state index is 12.1. The van der Waals surface area contributed by atoms with Gasteiger partial charge in [0.05, 0.1) is 0 Å². The van der Waals surface area contributed by atoms with Gasteiger partial charge in [-0.15, -0.1) is 11.3 Å². The Labute approximate surface area is 119 Å². The molecule has 2 rings (SSSR count). The second-order valence-corrected chi connectivity index (χ2v) is 6.98. The molecule has 0 spiro atoms. The second kappa shape index (κ2) is 6.53. The first-order valence-electron chi connectivity index (χ1n) is 7.14. The lowest BCUT2D eigenvalue weighted by Crippen LogP contribution is -2.29. The van der Waals surface area contributed by atoms with Crippen LogP contribution in [0.25, 0.3) is 0 Å². The summed E-state index contributed by atoms with van der Waals surface area (Å²) >= 11 is 1.85. The second-order valence-electron chi connectivity index (χ2n) is 5.52. The van der Waals surface area contributed by atoms with Crippen LogP contribution in [0.5, 0.6) is 0 Å². The van der Waals surface area contributed by atoms with Crippen LogP contribution >= 0.6 is 11.3 Å². The Kier molecular flexibility index (Phi) is 4.99. The zero-order valence-corrected chi connectivity index (χ0v) is 12.8. The number of carbonyl (C=O) groups excluding carboxylic acids is 1. The Hall–Kier alpha value is -0.870. The zero-order valence-electron chi connectivity index (χ0n) is 11.9. The van der Waals surface area contributed by atoms with Crippen LogP contribution in [0.3, 0.4) is 0 Å². The van der Waals surface area contributed by atoms with Gasteiger partial charge in [-0.3, -0.25) is 4.79 Å². The van der Waals surface area contributed by atoms with Crippen molar-refractivity contribution in [2.24, 2.45) is 11.7 Å². The minimum atomic E-state index is 0.306. The van der Waals surface area contributed by atoms with Crippen LogP contribution < -0.4 is 5.73 Å². The van der Waals surface area contributed by atoms with Gasteiger partial charge in [0.2, 0.25) is 5.91 Å². The normalized spacial score (nSPS) is 19.1. The lowest BCUT2D eigenvalue weighted by atomic mass is 10.1. The molecule has 1 fully saturated rings. The Morgan fingerprint density at radius 1 is 1.53 bits per heavy atom. The Bertz CT molecular complexity index is 441. The van der Waals surface area contributed by atoms with Crippen molar-refractivity contribution in [2.75, 3.05) is 19.6 Å². The number of nitrogens with zero attached hydrogens (tertiary/aromatic N) is 1. The quantitative estimate of drug-likeness (QED) is 0.900. The van der Waals surface area contributed by atoms with E-state index in [2.05, 4.69) is 19.9 Å². The zero-order chi connectivity index (χ0) is 13.8. The highest BCUT2D eigenvalue weighted by Gasteiger charge is 2.24. The van der Waals surface area contributed by atoms with E-state index >= 15 is 0 Å². The summed E-state index contributed by atoms with van der Waals surface area (Å²) in [6, 6.07) is 2.25. The smallest absolute Gasteiger partial charge is 0.222 e. The molecule has 2 heterocycles. The first-order chi connectivity index (χ1) is 9.10. The Balaban J connectivity index is 1.74. The molecule has 0 saturated carbocycles. The monoisotopic (exact) mass is 280 g/mol. The van der Waals surface area contributed by atoms with Crippen molar-refractivity contribution >= 4 is 17.2 Å². The molecular weight excluding hydrogens is 256 g/mol. The Morgan fingerprint density at radius 2 is 2.32 bits per heavy atom. The predicted molar refractivity (Wildman–Crippen MR) is 80.5 cm³/mol. The van der Waals surface area contributed by atoms with Crippen LogP contribution in [-0.4, -0.2) is 30.4 Å². The van der Waals surface area contributed by atoms with Crippen molar-refractivity contribution in [3.63, 3.8) is 0 Å². The van der Waals surface area contributed by atoms with Crippen LogP contribution in [0, 0.1) is 19.8 Å². The summed E-state index contributed by atoms with van der Waals surface area (Å²) in [6.07, 6.45) is 3.73. The van der Waals surface area contributed by atoms with Crippen LogP contribution in [0.4, 0.5) is 0 Å². The highest BCUT2D eigenvalue weighted by Crippen LogP contribution is 2.22. The summed E-state index contributed by atoms with van der Waals surface area (Å²) in [5, 5.41) is 0. The highest BCUT2D eigenvalue weighted by atomic mass is 32.1. The molecule has 3 nitrogen and oxygen atoms in total. The number of hydrogen-bond acceptors (Lipinski definition) is 3. The summed E-state index contributed by atoms with van der Waals surface area (Å²) in [4.78, 5) is 16.8. The standard InChI is InChI=1S/C15H24N2OS/c1-11-8-14(12(2)19-11)4-3-5-15(18)17-7-6-13(9-16)10-17/h8,13H,3-7,9-10,16H2,1-2H3/t13-/m0/s1. The molecule has 0 radical (unpaired) electrons. The molecule has 0 bridgehead atoms. The van der Waals surface area contributed by atoms with Gasteiger partial charge in [0.15, 0.2) is 0 Å². The molecule has 0 aromatic carbocycles. The van der Waals surface area contributed by atoms with Crippen molar-refractivity contribution in [1.82, 2.24) is 4.90 Å². The van der Waals surface area contributed by atoms with E-state index in [0.29, 0.717) is 24.8 Å². The lowest BCUT2D eigenvalue weighted by molar-refractivity contribution is -0.130. The third kappa shape index (κ3) is 3.80. The van der Waals surface area contributed by atoms with Crippen molar-refractivity contribution < 1.29 is 4.79 Å². The number of thiophene rings is 1. The van der Waals surface area contributed by atoms with Gasteiger partial charge in [0.1, 0.15) is 0 Å². The van der Waals surface area contributed by atoms with Crippen LogP contribution in [-0.2, 0) is 11.2 Å². The SMILES string of the molecule is Cc1cc(CCCC(=O)N2CC[C@@H](CN)C2)c(C)s1.